The number of hydrogen-bond acceptors (Lipinski definition) is 4. The molecule has 4 rings (SSSR count). The summed E-state index contributed by atoms with van der Waals surface area (Å²) in [6.07, 6.45) is 5.01. The molecule has 24 heavy (non-hydrogen) atoms. The molecule has 2 aromatic rings. The van der Waals surface area contributed by atoms with Crippen molar-refractivity contribution >= 4 is 22.5 Å². The number of amides is 1. The van der Waals surface area contributed by atoms with E-state index in [0.717, 1.165) is 62.1 Å². The predicted molar refractivity (Wildman–Crippen MR) is 94.4 cm³/mol. The van der Waals surface area contributed by atoms with Crippen molar-refractivity contribution in [2.24, 2.45) is 5.92 Å². The second kappa shape index (κ2) is 6.30. The molecule has 0 bridgehead atoms. The summed E-state index contributed by atoms with van der Waals surface area (Å²) in [6.45, 7) is 3.51. The van der Waals surface area contributed by atoms with Crippen LogP contribution in [0, 0.1) is 5.92 Å². The number of methoxy groups -OCH3 is 1. The highest BCUT2D eigenvalue weighted by Crippen LogP contribution is 2.33. The number of aromatic nitrogens is 1. The molecule has 1 aromatic heterocycles. The first-order valence-electron chi connectivity index (χ1n) is 8.73. The van der Waals surface area contributed by atoms with Crippen LogP contribution < -0.4 is 9.64 Å². The third-order valence-electron chi connectivity index (χ3n) is 5.01. The van der Waals surface area contributed by atoms with Gasteiger partial charge in [0, 0.05) is 49.4 Å². The van der Waals surface area contributed by atoms with Gasteiger partial charge < -0.3 is 14.5 Å². The predicted octanol–water partition coefficient (Wildman–Crippen LogP) is 2.69. The minimum atomic E-state index is 0.308. The van der Waals surface area contributed by atoms with Crippen molar-refractivity contribution in [3.8, 4) is 5.75 Å². The molecule has 1 amide bonds. The van der Waals surface area contributed by atoms with Gasteiger partial charge in [-0.2, -0.15) is 0 Å². The lowest BCUT2D eigenvalue weighted by Crippen LogP contribution is -2.36. The second-order valence-corrected chi connectivity index (χ2v) is 6.63. The molecule has 2 aliphatic rings. The van der Waals surface area contributed by atoms with Crippen LogP contribution in [0.4, 0.5) is 5.69 Å². The van der Waals surface area contributed by atoms with E-state index in [1.54, 1.807) is 7.11 Å². The van der Waals surface area contributed by atoms with Crippen LogP contribution in [-0.4, -0.2) is 49.1 Å². The quantitative estimate of drug-likeness (QED) is 0.870. The second-order valence-electron chi connectivity index (χ2n) is 6.63. The minimum absolute atomic E-state index is 0.308. The first-order chi connectivity index (χ1) is 11.8. The standard InChI is InChI=1S/C19H23N3O2/c1-24-17-5-2-4-15-16(8-9-20-18(15)17)21-10-3-11-22(13-12-21)19(23)14-6-7-14/h2,4-5,8-9,14H,3,6-7,10-13H2,1H3. The number of anilines is 1. The maximum absolute atomic E-state index is 12.3. The number of benzene rings is 1. The first kappa shape index (κ1) is 15.2. The molecule has 0 unspecified atom stereocenters. The lowest BCUT2D eigenvalue weighted by atomic mass is 10.1. The van der Waals surface area contributed by atoms with Crippen LogP contribution in [0.2, 0.25) is 0 Å². The first-order valence-corrected chi connectivity index (χ1v) is 8.73. The fourth-order valence-electron chi connectivity index (χ4n) is 3.54. The molecule has 5 heteroatoms. The highest BCUT2D eigenvalue weighted by molar-refractivity contribution is 5.95. The normalized spacial score (nSPS) is 18.5. The van der Waals surface area contributed by atoms with Gasteiger partial charge in [-0.1, -0.05) is 12.1 Å². The van der Waals surface area contributed by atoms with E-state index in [1.807, 2.05) is 18.3 Å². The zero-order chi connectivity index (χ0) is 16.5. The number of pyridine rings is 1. The topological polar surface area (TPSA) is 45.7 Å². The number of carbonyl (C=O) groups is 1. The Balaban J connectivity index is 1.59. The molecule has 2 heterocycles. The van der Waals surface area contributed by atoms with Gasteiger partial charge in [-0.25, -0.2) is 0 Å². The number of fused-ring (bicyclic) bond motifs is 1. The van der Waals surface area contributed by atoms with Gasteiger partial charge >= 0.3 is 0 Å². The van der Waals surface area contributed by atoms with E-state index < -0.39 is 0 Å². The molecule has 126 valence electrons. The number of para-hydroxylation sites is 1. The van der Waals surface area contributed by atoms with Crippen LogP contribution in [0.1, 0.15) is 19.3 Å². The molecule has 2 fully saturated rings. The number of ether oxygens (including phenoxy) is 1. The van der Waals surface area contributed by atoms with E-state index in [1.165, 1.54) is 5.69 Å². The fraction of sp³-hybridized carbons (Fsp3) is 0.474. The Morgan fingerprint density at radius 3 is 2.83 bits per heavy atom. The summed E-state index contributed by atoms with van der Waals surface area (Å²) in [5, 5.41) is 1.11. The Hall–Kier alpha value is -2.30. The van der Waals surface area contributed by atoms with Crippen LogP contribution in [-0.2, 0) is 4.79 Å². The van der Waals surface area contributed by atoms with Crippen molar-refractivity contribution in [2.45, 2.75) is 19.3 Å². The summed E-state index contributed by atoms with van der Waals surface area (Å²) >= 11 is 0. The molecule has 1 aliphatic heterocycles. The van der Waals surface area contributed by atoms with Crippen LogP contribution in [0.3, 0.4) is 0 Å². The van der Waals surface area contributed by atoms with Crippen LogP contribution >= 0.6 is 0 Å². The van der Waals surface area contributed by atoms with Gasteiger partial charge in [-0.05, 0) is 31.4 Å². The number of hydrogen-bond donors (Lipinski definition) is 0. The lowest BCUT2D eigenvalue weighted by molar-refractivity contribution is -0.132. The molecule has 0 atom stereocenters. The van der Waals surface area contributed by atoms with Gasteiger partial charge in [0.1, 0.15) is 11.3 Å². The fourth-order valence-corrected chi connectivity index (χ4v) is 3.54. The van der Waals surface area contributed by atoms with Crippen molar-refractivity contribution in [1.29, 1.82) is 0 Å². The van der Waals surface area contributed by atoms with Crippen LogP contribution in [0.5, 0.6) is 5.75 Å². The van der Waals surface area contributed by atoms with Gasteiger partial charge in [0.05, 0.1) is 7.11 Å². The molecule has 1 aromatic carbocycles. The van der Waals surface area contributed by atoms with E-state index in [4.69, 9.17) is 4.74 Å². The van der Waals surface area contributed by atoms with Gasteiger partial charge in [0.2, 0.25) is 5.91 Å². The number of carbonyl (C=O) groups excluding carboxylic acids is 1. The van der Waals surface area contributed by atoms with Crippen LogP contribution in [0.25, 0.3) is 10.9 Å². The van der Waals surface area contributed by atoms with Crippen molar-refractivity contribution < 1.29 is 9.53 Å². The molecular formula is C19H23N3O2. The number of nitrogens with zero attached hydrogens (tertiary/aromatic N) is 3. The Bertz CT molecular complexity index is 757. The van der Waals surface area contributed by atoms with Gasteiger partial charge in [-0.15, -0.1) is 0 Å². The Labute approximate surface area is 142 Å². The molecule has 0 spiro atoms. The van der Waals surface area contributed by atoms with E-state index in [2.05, 4.69) is 26.9 Å². The number of rotatable bonds is 3. The zero-order valence-corrected chi connectivity index (χ0v) is 14.1. The Morgan fingerprint density at radius 2 is 2.04 bits per heavy atom. The van der Waals surface area contributed by atoms with E-state index in [-0.39, 0.29) is 0 Å². The van der Waals surface area contributed by atoms with E-state index >= 15 is 0 Å². The highest BCUT2D eigenvalue weighted by Gasteiger charge is 2.34. The molecule has 5 nitrogen and oxygen atoms in total. The highest BCUT2D eigenvalue weighted by atomic mass is 16.5. The summed E-state index contributed by atoms with van der Waals surface area (Å²) < 4.78 is 5.44. The van der Waals surface area contributed by atoms with Crippen molar-refractivity contribution in [3.05, 3.63) is 30.5 Å². The monoisotopic (exact) mass is 325 g/mol. The maximum Gasteiger partial charge on any atom is 0.225 e. The van der Waals surface area contributed by atoms with E-state index in [0.29, 0.717) is 11.8 Å². The van der Waals surface area contributed by atoms with Gasteiger partial charge in [-0.3, -0.25) is 9.78 Å². The Kier molecular flexibility index (Phi) is 4.00. The summed E-state index contributed by atoms with van der Waals surface area (Å²) in [6, 6.07) is 8.11. The summed E-state index contributed by atoms with van der Waals surface area (Å²) in [7, 11) is 1.68. The molecular weight excluding hydrogens is 302 g/mol. The average Bonchev–Trinajstić information content (AvgIpc) is 3.46. The molecule has 0 radical (unpaired) electrons. The van der Waals surface area contributed by atoms with Crippen molar-refractivity contribution in [2.75, 3.05) is 38.2 Å². The largest absolute Gasteiger partial charge is 0.494 e. The average molecular weight is 325 g/mol. The maximum atomic E-state index is 12.3. The van der Waals surface area contributed by atoms with Gasteiger partial charge in [0.25, 0.3) is 0 Å². The summed E-state index contributed by atoms with van der Waals surface area (Å²) in [4.78, 5) is 21.3. The smallest absolute Gasteiger partial charge is 0.225 e. The summed E-state index contributed by atoms with van der Waals surface area (Å²) in [5.74, 6) is 1.47. The van der Waals surface area contributed by atoms with Crippen LogP contribution in [0.15, 0.2) is 30.5 Å². The van der Waals surface area contributed by atoms with E-state index in [9.17, 15) is 4.79 Å². The zero-order valence-electron chi connectivity index (χ0n) is 14.1. The molecule has 1 saturated heterocycles. The third kappa shape index (κ3) is 2.79. The lowest BCUT2D eigenvalue weighted by Gasteiger charge is -2.25. The third-order valence-corrected chi connectivity index (χ3v) is 5.01. The van der Waals surface area contributed by atoms with Crippen molar-refractivity contribution in [3.63, 3.8) is 0 Å². The van der Waals surface area contributed by atoms with Gasteiger partial charge in [0.15, 0.2) is 0 Å². The molecule has 1 saturated carbocycles. The van der Waals surface area contributed by atoms with Crippen molar-refractivity contribution in [1.82, 2.24) is 9.88 Å². The molecule has 0 N–H and O–H groups in total. The molecule has 1 aliphatic carbocycles. The minimum Gasteiger partial charge on any atom is -0.494 e. The summed E-state index contributed by atoms with van der Waals surface area (Å²) in [5.41, 5.74) is 2.08. The Morgan fingerprint density at radius 1 is 1.17 bits per heavy atom. The SMILES string of the molecule is COc1cccc2c(N3CCCN(C(=O)C4CC4)CC3)ccnc12.